The van der Waals surface area contributed by atoms with Gasteiger partial charge in [0.2, 0.25) is 0 Å². The molecule has 34 heavy (non-hydrogen) atoms. The Kier molecular flexibility index (Phi) is 6.04. The van der Waals surface area contributed by atoms with Gasteiger partial charge in [0.1, 0.15) is 11.5 Å². The molecule has 1 unspecified atom stereocenters. The van der Waals surface area contributed by atoms with Crippen LogP contribution in [0, 0.1) is 19.8 Å². The molecule has 1 aliphatic carbocycles. The molecule has 3 heterocycles. The Morgan fingerprint density at radius 2 is 2.03 bits per heavy atom. The third-order valence-corrected chi connectivity index (χ3v) is 6.58. The summed E-state index contributed by atoms with van der Waals surface area (Å²) in [7, 11) is 0. The number of nitrogens with one attached hydrogen (secondary N) is 1. The number of piperidine rings is 1. The maximum absolute atomic E-state index is 12.7. The van der Waals surface area contributed by atoms with E-state index in [2.05, 4.69) is 39.5 Å². The fraction of sp³-hybridized carbons (Fsp3) is 0.385. The zero-order valence-electron chi connectivity index (χ0n) is 19.7. The lowest BCUT2D eigenvalue weighted by Gasteiger charge is -2.33. The number of aromatic nitrogens is 3. The van der Waals surface area contributed by atoms with Crippen molar-refractivity contribution in [3.63, 3.8) is 0 Å². The number of carbonyl (C=O) groups is 1. The Balaban J connectivity index is 1.21. The van der Waals surface area contributed by atoms with Crippen LogP contribution in [0.15, 0.2) is 46.8 Å². The molecule has 8 nitrogen and oxygen atoms in total. The number of benzene rings is 1. The number of aryl methyl sites for hydroxylation is 1. The van der Waals surface area contributed by atoms with Gasteiger partial charge in [-0.1, -0.05) is 35.9 Å². The lowest BCUT2D eigenvalue weighted by Crippen LogP contribution is -2.42. The quantitative estimate of drug-likeness (QED) is 0.525. The van der Waals surface area contributed by atoms with Crippen molar-refractivity contribution in [3.8, 4) is 11.8 Å². The highest BCUT2D eigenvalue weighted by atomic mass is 16.5. The van der Waals surface area contributed by atoms with Gasteiger partial charge >= 0.3 is 12.0 Å². The van der Waals surface area contributed by atoms with Crippen LogP contribution >= 0.6 is 0 Å². The monoisotopic (exact) mass is 459 g/mol. The molecule has 2 fully saturated rings. The SMILES string of the molecule is Cc1onc(NC(=O)N2CCC(=Cc3cccc(Oc4ncc(C5CC5)cn4)c3)C(C)C2)c1C. The molecule has 1 saturated heterocycles. The van der Waals surface area contributed by atoms with Crippen LogP contribution in [0.25, 0.3) is 6.08 Å². The number of likely N-dealkylation sites (tertiary alicyclic amines) is 1. The predicted molar refractivity (Wildman–Crippen MR) is 129 cm³/mol. The van der Waals surface area contributed by atoms with Crippen LogP contribution in [-0.4, -0.2) is 39.1 Å². The van der Waals surface area contributed by atoms with Gasteiger partial charge in [0, 0.05) is 31.0 Å². The summed E-state index contributed by atoms with van der Waals surface area (Å²) >= 11 is 0. The fourth-order valence-electron chi connectivity index (χ4n) is 4.16. The molecule has 2 amide bonds. The van der Waals surface area contributed by atoms with Gasteiger partial charge in [-0.05, 0) is 68.2 Å². The van der Waals surface area contributed by atoms with Crippen molar-refractivity contribution in [2.24, 2.45) is 5.92 Å². The van der Waals surface area contributed by atoms with Crippen molar-refractivity contribution in [1.82, 2.24) is 20.0 Å². The first kappa shape index (κ1) is 22.1. The molecule has 2 aromatic heterocycles. The van der Waals surface area contributed by atoms with Crippen LogP contribution in [0.4, 0.5) is 10.6 Å². The summed E-state index contributed by atoms with van der Waals surface area (Å²) in [5.41, 5.74) is 4.40. The normalized spacial score (nSPS) is 19.3. The van der Waals surface area contributed by atoms with Gasteiger partial charge in [-0.15, -0.1) is 0 Å². The highest BCUT2D eigenvalue weighted by Gasteiger charge is 2.26. The van der Waals surface area contributed by atoms with Gasteiger partial charge in [0.25, 0.3) is 0 Å². The minimum atomic E-state index is -0.148. The van der Waals surface area contributed by atoms with E-state index in [1.807, 2.05) is 49.3 Å². The molecule has 1 N–H and O–H groups in total. The molecule has 1 aliphatic heterocycles. The highest BCUT2D eigenvalue weighted by molar-refractivity contribution is 5.89. The second-order valence-corrected chi connectivity index (χ2v) is 9.21. The zero-order chi connectivity index (χ0) is 23.7. The van der Waals surface area contributed by atoms with Crippen LogP contribution in [0.2, 0.25) is 0 Å². The second kappa shape index (κ2) is 9.29. The van der Waals surface area contributed by atoms with Crippen LogP contribution < -0.4 is 10.1 Å². The number of ether oxygens (including phenoxy) is 1. The summed E-state index contributed by atoms with van der Waals surface area (Å²) in [5.74, 6) is 2.76. The maximum Gasteiger partial charge on any atom is 0.323 e. The molecule has 0 bridgehead atoms. The van der Waals surface area contributed by atoms with Crippen LogP contribution in [0.5, 0.6) is 11.8 Å². The maximum atomic E-state index is 12.7. The topological polar surface area (TPSA) is 93.4 Å². The first-order valence-corrected chi connectivity index (χ1v) is 11.8. The van der Waals surface area contributed by atoms with Crippen molar-refractivity contribution in [2.45, 2.75) is 46.0 Å². The third-order valence-electron chi connectivity index (χ3n) is 6.58. The summed E-state index contributed by atoms with van der Waals surface area (Å²) in [4.78, 5) is 23.2. The van der Waals surface area contributed by atoms with Crippen LogP contribution in [-0.2, 0) is 0 Å². The summed E-state index contributed by atoms with van der Waals surface area (Å²) in [5, 5.41) is 6.79. The van der Waals surface area contributed by atoms with Gasteiger partial charge in [-0.2, -0.15) is 0 Å². The Morgan fingerprint density at radius 1 is 1.24 bits per heavy atom. The molecule has 5 rings (SSSR count). The van der Waals surface area contributed by atoms with E-state index >= 15 is 0 Å². The minimum absolute atomic E-state index is 0.148. The lowest BCUT2D eigenvalue weighted by atomic mass is 9.91. The number of urea groups is 1. The van der Waals surface area contributed by atoms with Crippen molar-refractivity contribution < 1.29 is 14.1 Å². The van der Waals surface area contributed by atoms with Crippen molar-refractivity contribution in [3.05, 3.63) is 64.7 Å². The molecular formula is C26H29N5O3. The van der Waals surface area contributed by atoms with E-state index in [0.717, 1.165) is 17.5 Å². The average molecular weight is 460 g/mol. The van der Waals surface area contributed by atoms with E-state index in [-0.39, 0.29) is 11.9 Å². The molecular weight excluding hydrogens is 430 g/mol. The van der Waals surface area contributed by atoms with E-state index in [9.17, 15) is 4.79 Å². The molecule has 2 aliphatic rings. The number of hydrogen-bond donors (Lipinski definition) is 1. The largest absolute Gasteiger partial charge is 0.424 e. The van der Waals surface area contributed by atoms with Gasteiger partial charge in [0.05, 0.1) is 0 Å². The van der Waals surface area contributed by atoms with Crippen molar-refractivity contribution in [2.75, 3.05) is 18.4 Å². The number of anilines is 1. The zero-order valence-corrected chi connectivity index (χ0v) is 19.7. The smallest absolute Gasteiger partial charge is 0.323 e. The number of amides is 2. The Morgan fingerprint density at radius 3 is 2.71 bits per heavy atom. The summed E-state index contributed by atoms with van der Waals surface area (Å²) in [6.45, 7) is 7.15. The predicted octanol–water partition coefficient (Wildman–Crippen LogP) is 5.71. The molecule has 0 spiro atoms. The molecule has 0 radical (unpaired) electrons. The standard InChI is InChI=1S/C26H29N5O3/c1-16-15-31(26(32)29-24-17(2)18(3)34-30-24)10-9-21(16)11-19-5-4-6-23(12-19)33-25-27-13-22(14-28-25)20-7-8-20/h4-6,11-14,16,20H,7-10,15H2,1-3H3,(H,29,30,32). The van der Waals surface area contributed by atoms with E-state index in [4.69, 9.17) is 9.26 Å². The van der Waals surface area contributed by atoms with Crippen molar-refractivity contribution >= 4 is 17.9 Å². The Bertz CT molecular complexity index is 1210. The second-order valence-electron chi connectivity index (χ2n) is 9.21. The third kappa shape index (κ3) is 4.95. The number of hydrogen-bond acceptors (Lipinski definition) is 6. The number of rotatable bonds is 5. The van der Waals surface area contributed by atoms with Crippen LogP contribution in [0.3, 0.4) is 0 Å². The Hall–Kier alpha value is -3.68. The fourth-order valence-corrected chi connectivity index (χ4v) is 4.16. The molecule has 176 valence electrons. The van der Waals surface area contributed by atoms with E-state index in [1.165, 1.54) is 24.0 Å². The van der Waals surface area contributed by atoms with Crippen molar-refractivity contribution in [1.29, 1.82) is 0 Å². The van der Waals surface area contributed by atoms with E-state index < -0.39 is 0 Å². The van der Waals surface area contributed by atoms with Crippen LogP contribution in [0.1, 0.15) is 54.6 Å². The summed E-state index contributed by atoms with van der Waals surface area (Å²) in [6, 6.07) is 8.13. The van der Waals surface area contributed by atoms with Gasteiger partial charge < -0.3 is 14.2 Å². The highest BCUT2D eigenvalue weighted by Crippen LogP contribution is 2.39. The molecule has 1 saturated carbocycles. The van der Waals surface area contributed by atoms with E-state index in [0.29, 0.717) is 42.3 Å². The van der Waals surface area contributed by atoms with Gasteiger partial charge in [-0.25, -0.2) is 14.8 Å². The molecule has 8 heteroatoms. The summed E-state index contributed by atoms with van der Waals surface area (Å²) < 4.78 is 11.0. The first-order valence-electron chi connectivity index (χ1n) is 11.8. The molecule has 1 atom stereocenters. The Labute approximate surface area is 199 Å². The molecule has 1 aromatic carbocycles. The first-order chi connectivity index (χ1) is 16.5. The average Bonchev–Trinajstić information content (AvgIpc) is 3.64. The van der Waals surface area contributed by atoms with Gasteiger partial charge in [-0.3, -0.25) is 5.32 Å². The number of nitrogens with zero attached hydrogens (tertiary/aromatic N) is 4. The lowest BCUT2D eigenvalue weighted by molar-refractivity contribution is 0.197. The van der Waals surface area contributed by atoms with E-state index in [1.54, 1.807) is 0 Å². The minimum Gasteiger partial charge on any atom is -0.424 e. The molecule has 3 aromatic rings. The summed E-state index contributed by atoms with van der Waals surface area (Å²) in [6.07, 6.45) is 9.17. The van der Waals surface area contributed by atoms with Gasteiger partial charge in [0.15, 0.2) is 5.82 Å². The number of carbonyl (C=O) groups excluding carboxylic acids is 1.